The summed E-state index contributed by atoms with van der Waals surface area (Å²) in [5.41, 5.74) is 0.200. The van der Waals surface area contributed by atoms with E-state index in [1.165, 1.54) is 0 Å². The molecule has 0 aromatic heterocycles. The fourth-order valence-corrected chi connectivity index (χ4v) is 2.26. The van der Waals surface area contributed by atoms with Crippen LogP contribution in [0.5, 0.6) is 0 Å². The fraction of sp³-hybridized carbons (Fsp3) is 0.333. The van der Waals surface area contributed by atoms with E-state index in [0.717, 1.165) is 0 Å². The first-order valence-corrected chi connectivity index (χ1v) is 6.21. The highest BCUT2D eigenvalue weighted by atomic mass is 16.3. The molecule has 1 aliphatic rings. The van der Waals surface area contributed by atoms with E-state index in [1.807, 2.05) is 19.9 Å². The van der Waals surface area contributed by atoms with Crippen molar-refractivity contribution in [2.24, 2.45) is 5.41 Å². The zero-order chi connectivity index (χ0) is 14.0. The van der Waals surface area contributed by atoms with Crippen LogP contribution in [-0.4, -0.2) is 16.8 Å². The third kappa shape index (κ3) is 3.02. The van der Waals surface area contributed by atoms with Gasteiger partial charge in [-0.15, -0.1) is 0 Å². The quantitative estimate of drug-likeness (QED) is 0.802. The molecule has 0 aliphatic heterocycles. The zero-order valence-electron chi connectivity index (χ0n) is 11.1. The van der Waals surface area contributed by atoms with Gasteiger partial charge in [-0.05, 0) is 17.5 Å². The maximum absolute atomic E-state index is 12.0. The number of hydrogen-bond donors (Lipinski definition) is 2. The van der Waals surface area contributed by atoms with Crippen LogP contribution >= 0.6 is 0 Å². The average molecular weight is 259 g/mol. The molecule has 0 spiro atoms. The summed E-state index contributed by atoms with van der Waals surface area (Å²) in [5, 5.41) is 12.5. The Kier molecular flexibility index (Phi) is 3.42. The molecule has 1 amide bonds. The number of nitrogens with one attached hydrogen (secondary N) is 1. The third-order valence-corrected chi connectivity index (χ3v) is 3.11. The van der Waals surface area contributed by atoms with E-state index in [-0.39, 0.29) is 29.0 Å². The fourth-order valence-electron chi connectivity index (χ4n) is 2.26. The molecule has 1 aromatic rings. The molecule has 4 heteroatoms. The van der Waals surface area contributed by atoms with Crippen molar-refractivity contribution in [3.05, 3.63) is 41.7 Å². The van der Waals surface area contributed by atoms with Crippen molar-refractivity contribution < 1.29 is 14.7 Å². The van der Waals surface area contributed by atoms with Gasteiger partial charge in [0.2, 0.25) is 0 Å². The van der Waals surface area contributed by atoms with Crippen molar-refractivity contribution in [3.8, 4) is 0 Å². The smallest absolute Gasteiger partial charge is 0.262 e. The van der Waals surface area contributed by atoms with Gasteiger partial charge in [0.25, 0.3) is 5.91 Å². The molecule has 0 saturated carbocycles. The normalized spacial score (nSPS) is 18.3. The van der Waals surface area contributed by atoms with Crippen LogP contribution in [0.3, 0.4) is 0 Å². The minimum Gasteiger partial charge on any atom is -0.511 e. The lowest BCUT2D eigenvalue weighted by Gasteiger charge is -2.28. The Labute approximate surface area is 112 Å². The molecule has 4 nitrogen and oxygen atoms in total. The van der Waals surface area contributed by atoms with E-state index in [1.54, 1.807) is 24.3 Å². The van der Waals surface area contributed by atoms with Crippen molar-refractivity contribution in [1.82, 2.24) is 0 Å². The first-order chi connectivity index (χ1) is 8.89. The van der Waals surface area contributed by atoms with Gasteiger partial charge in [0.05, 0.1) is 0 Å². The molecule has 0 saturated heterocycles. The second kappa shape index (κ2) is 4.88. The molecule has 2 rings (SSSR count). The van der Waals surface area contributed by atoms with E-state index in [9.17, 15) is 14.7 Å². The lowest BCUT2D eigenvalue weighted by molar-refractivity contribution is -0.122. The molecule has 100 valence electrons. The summed E-state index contributed by atoms with van der Waals surface area (Å²) in [6.45, 7) is 3.79. The number of anilines is 1. The number of carbonyl (C=O) groups excluding carboxylic acids is 2. The highest BCUT2D eigenvalue weighted by Crippen LogP contribution is 2.35. The Hall–Kier alpha value is -2.10. The van der Waals surface area contributed by atoms with Crippen LogP contribution in [-0.2, 0) is 9.59 Å². The molecule has 1 aliphatic carbocycles. The van der Waals surface area contributed by atoms with Crippen molar-refractivity contribution in [2.75, 3.05) is 5.32 Å². The third-order valence-electron chi connectivity index (χ3n) is 3.11. The van der Waals surface area contributed by atoms with Gasteiger partial charge in [-0.3, -0.25) is 9.59 Å². The molecule has 1 aromatic carbocycles. The minimum atomic E-state index is -0.538. The van der Waals surface area contributed by atoms with Crippen LogP contribution in [0.1, 0.15) is 26.7 Å². The zero-order valence-corrected chi connectivity index (χ0v) is 11.1. The van der Waals surface area contributed by atoms with Crippen molar-refractivity contribution in [3.63, 3.8) is 0 Å². The summed E-state index contributed by atoms with van der Waals surface area (Å²) < 4.78 is 0. The number of Topliss-reactive ketones (excluding diaryl/α,β-unsaturated/α-hetero) is 1. The lowest BCUT2D eigenvalue weighted by Crippen LogP contribution is -2.31. The monoisotopic (exact) mass is 259 g/mol. The Balaban J connectivity index is 2.22. The molecular weight excluding hydrogens is 242 g/mol. The minimum absolute atomic E-state index is 0.108. The number of hydrogen-bond acceptors (Lipinski definition) is 3. The molecule has 0 bridgehead atoms. The highest BCUT2D eigenvalue weighted by molar-refractivity contribution is 6.24. The SMILES string of the molecule is CC1(C)CC(=O)C(C(=O)Nc2ccccc2)=C(O)C1. The van der Waals surface area contributed by atoms with Crippen LogP contribution in [0.15, 0.2) is 41.7 Å². The standard InChI is InChI=1S/C15H17NO3/c1-15(2)8-11(17)13(12(18)9-15)14(19)16-10-6-4-3-5-7-10/h3-7,17H,8-9H2,1-2H3,(H,16,19). The molecule has 19 heavy (non-hydrogen) atoms. The number of amides is 1. The van der Waals surface area contributed by atoms with Crippen molar-refractivity contribution in [1.29, 1.82) is 0 Å². The summed E-state index contributed by atoms with van der Waals surface area (Å²) in [7, 11) is 0. The summed E-state index contributed by atoms with van der Waals surface area (Å²) >= 11 is 0. The molecule has 0 atom stereocenters. The second-order valence-electron chi connectivity index (χ2n) is 5.58. The van der Waals surface area contributed by atoms with E-state index >= 15 is 0 Å². The van der Waals surface area contributed by atoms with Gasteiger partial charge in [-0.2, -0.15) is 0 Å². The number of carbonyl (C=O) groups is 2. The van der Waals surface area contributed by atoms with E-state index in [4.69, 9.17) is 0 Å². The summed E-state index contributed by atoms with van der Waals surface area (Å²) in [5.74, 6) is -0.957. The van der Waals surface area contributed by atoms with Crippen LogP contribution in [0, 0.1) is 5.41 Å². The molecular formula is C15H17NO3. The first-order valence-electron chi connectivity index (χ1n) is 6.21. The number of aliphatic hydroxyl groups excluding tert-OH is 1. The first kappa shape index (κ1) is 13.3. The van der Waals surface area contributed by atoms with Gasteiger partial charge >= 0.3 is 0 Å². The summed E-state index contributed by atoms with van der Waals surface area (Å²) in [4.78, 5) is 24.0. The number of para-hydroxylation sites is 1. The lowest BCUT2D eigenvalue weighted by atomic mass is 9.76. The predicted octanol–water partition coefficient (Wildman–Crippen LogP) is 2.83. The number of allylic oxidation sites excluding steroid dienone is 1. The van der Waals surface area contributed by atoms with E-state index in [2.05, 4.69) is 5.32 Å². The largest absolute Gasteiger partial charge is 0.511 e. The van der Waals surface area contributed by atoms with E-state index < -0.39 is 5.91 Å². The van der Waals surface area contributed by atoms with Crippen LogP contribution in [0.25, 0.3) is 0 Å². The Morgan fingerprint density at radius 3 is 2.42 bits per heavy atom. The Morgan fingerprint density at radius 2 is 1.84 bits per heavy atom. The number of aliphatic hydroxyl groups is 1. The molecule has 2 N–H and O–H groups in total. The van der Waals surface area contributed by atoms with Crippen LogP contribution in [0.2, 0.25) is 0 Å². The summed E-state index contributed by atoms with van der Waals surface area (Å²) in [6.07, 6.45) is 0.616. The van der Waals surface area contributed by atoms with Gasteiger partial charge in [0.15, 0.2) is 5.78 Å². The van der Waals surface area contributed by atoms with Crippen molar-refractivity contribution >= 4 is 17.4 Å². The van der Waals surface area contributed by atoms with Gasteiger partial charge in [0, 0.05) is 18.5 Å². The molecule has 0 fully saturated rings. The molecule has 0 unspecified atom stereocenters. The van der Waals surface area contributed by atoms with Gasteiger partial charge in [-0.1, -0.05) is 32.0 Å². The Bertz CT molecular complexity index is 544. The van der Waals surface area contributed by atoms with Crippen LogP contribution < -0.4 is 5.32 Å². The van der Waals surface area contributed by atoms with Crippen molar-refractivity contribution in [2.45, 2.75) is 26.7 Å². The van der Waals surface area contributed by atoms with Gasteiger partial charge in [0.1, 0.15) is 11.3 Å². The highest BCUT2D eigenvalue weighted by Gasteiger charge is 2.36. The topological polar surface area (TPSA) is 66.4 Å². The maximum Gasteiger partial charge on any atom is 0.262 e. The molecule has 0 heterocycles. The Morgan fingerprint density at radius 1 is 1.21 bits per heavy atom. The van der Waals surface area contributed by atoms with Gasteiger partial charge in [-0.25, -0.2) is 0 Å². The predicted molar refractivity (Wildman–Crippen MR) is 72.7 cm³/mol. The summed E-state index contributed by atoms with van der Waals surface area (Å²) in [6, 6.07) is 8.87. The van der Waals surface area contributed by atoms with Gasteiger partial charge < -0.3 is 10.4 Å². The van der Waals surface area contributed by atoms with E-state index in [0.29, 0.717) is 12.1 Å². The van der Waals surface area contributed by atoms with Crippen LogP contribution in [0.4, 0.5) is 5.69 Å². The number of ketones is 1. The maximum atomic E-state index is 12.0. The second-order valence-corrected chi connectivity index (χ2v) is 5.58. The number of rotatable bonds is 2. The average Bonchev–Trinajstić information content (AvgIpc) is 2.27. The molecule has 0 radical (unpaired) electrons. The number of benzene rings is 1.